The number of hydrogen-bond donors (Lipinski definition) is 2. The summed E-state index contributed by atoms with van der Waals surface area (Å²) in [6, 6.07) is 7.89. The third-order valence-corrected chi connectivity index (χ3v) is 5.18. The molecule has 0 bridgehead atoms. The van der Waals surface area contributed by atoms with Gasteiger partial charge in [-0.15, -0.1) is 12.4 Å². The number of rotatable bonds is 3. The molecule has 2 aromatic rings. The third-order valence-electron chi connectivity index (χ3n) is 4.85. The van der Waals surface area contributed by atoms with Crippen molar-refractivity contribution in [2.24, 2.45) is 0 Å². The van der Waals surface area contributed by atoms with E-state index in [1.807, 2.05) is 35.1 Å². The number of aromatic nitrogens is 2. The maximum absolute atomic E-state index is 13.1. The predicted molar refractivity (Wildman–Crippen MR) is 113 cm³/mol. The zero-order valence-electron chi connectivity index (χ0n) is 16.3. The zero-order chi connectivity index (χ0) is 18.9. The molecule has 5 nitrogen and oxygen atoms in total. The molecule has 0 radical (unpaired) electrons. The van der Waals surface area contributed by atoms with Crippen LogP contribution in [0.3, 0.4) is 0 Å². The quantitative estimate of drug-likeness (QED) is 0.794. The average Bonchev–Trinajstić information content (AvgIpc) is 3.03. The van der Waals surface area contributed by atoms with Crippen LogP contribution in [0.15, 0.2) is 30.5 Å². The van der Waals surface area contributed by atoms with Crippen molar-refractivity contribution in [3.05, 3.63) is 41.0 Å². The van der Waals surface area contributed by atoms with Crippen LogP contribution in [-0.2, 0) is 5.54 Å². The molecular weight excluding hydrogens is 383 g/mol. The lowest BCUT2D eigenvalue weighted by atomic mass is 9.99. The van der Waals surface area contributed by atoms with Crippen LogP contribution >= 0.6 is 24.0 Å². The SMILES string of the molecule is CC1NCCCC1NC(=O)c1cn(C(C)(C)C)nc1-c1ccccc1Cl.Cl. The molecule has 1 saturated heterocycles. The summed E-state index contributed by atoms with van der Waals surface area (Å²) in [6.45, 7) is 9.29. The van der Waals surface area contributed by atoms with Crippen LogP contribution in [0.4, 0.5) is 0 Å². The summed E-state index contributed by atoms with van der Waals surface area (Å²) in [5.41, 5.74) is 1.73. The zero-order valence-corrected chi connectivity index (χ0v) is 17.8. The number of carbonyl (C=O) groups excluding carboxylic acids is 1. The number of nitrogens with zero attached hydrogens (tertiary/aromatic N) is 2. The van der Waals surface area contributed by atoms with Gasteiger partial charge in [-0.1, -0.05) is 29.8 Å². The molecule has 2 unspecified atom stereocenters. The number of halogens is 2. The summed E-state index contributed by atoms with van der Waals surface area (Å²) in [5.74, 6) is -0.101. The number of nitrogens with one attached hydrogen (secondary N) is 2. The Morgan fingerprint density at radius 3 is 2.67 bits per heavy atom. The fourth-order valence-corrected chi connectivity index (χ4v) is 3.45. The van der Waals surface area contributed by atoms with Crippen molar-refractivity contribution in [3.8, 4) is 11.3 Å². The molecule has 3 rings (SSSR count). The Morgan fingerprint density at radius 2 is 2.04 bits per heavy atom. The van der Waals surface area contributed by atoms with Crippen LogP contribution in [0.25, 0.3) is 11.3 Å². The highest BCUT2D eigenvalue weighted by Gasteiger charge is 2.27. The van der Waals surface area contributed by atoms with Gasteiger partial charge in [0.05, 0.1) is 16.1 Å². The highest BCUT2D eigenvalue weighted by Crippen LogP contribution is 2.31. The molecule has 7 heteroatoms. The van der Waals surface area contributed by atoms with Gasteiger partial charge in [0.2, 0.25) is 0 Å². The van der Waals surface area contributed by atoms with Gasteiger partial charge in [0.1, 0.15) is 5.69 Å². The van der Waals surface area contributed by atoms with E-state index >= 15 is 0 Å². The van der Waals surface area contributed by atoms with E-state index in [0.717, 1.165) is 24.9 Å². The van der Waals surface area contributed by atoms with Crippen LogP contribution in [-0.4, -0.2) is 34.3 Å². The van der Waals surface area contributed by atoms with Crippen LogP contribution < -0.4 is 10.6 Å². The van der Waals surface area contributed by atoms with E-state index in [1.54, 1.807) is 0 Å². The molecule has 27 heavy (non-hydrogen) atoms. The van der Waals surface area contributed by atoms with Crippen molar-refractivity contribution in [1.29, 1.82) is 0 Å². The first-order valence-electron chi connectivity index (χ1n) is 9.16. The van der Waals surface area contributed by atoms with E-state index in [0.29, 0.717) is 16.3 Å². The summed E-state index contributed by atoms with van der Waals surface area (Å²) < 4.78 is 1.84. The van der Waals surface area contributed by atoms with Gasteiger partial charge in [0.15, 0.2) is 0 Å². The van der Waals surface area contributed by atoms with Crippen molar-refractivity contribution in [2.45, 2.75) is 58.2 Å². The fraction of sp³-hybridized carbons (Fsp3) is 0.500. The molecule has 148 valence electrons. The molecule has 1 aliphatic rings. The summed E-state index contributed by atoms with van der Waals surface area (Å²) >= 11 is 6.38. The van der Waals surface area contributed by atoms with Crippen molar-refractivity contribution in [1.82, 2.24) is 20.4 Å². The van der Waals surface area contributed by atoms with E-state index < -0.39 is 0 Å². The van der Waals surface area contributed by atoms with Crippen molar-refractivity contribution in [2.75, 3.05) is 6.54 Å². The van der Waals surface area contributed by atoms with Gasteiger partial charge in [-0.2, -0.15) is 5.10 Å². The van der Waals surface area contributed by atoms with Crippen molar-refractivity contribution < 1.29 is 4.79 Å². The smallest absolute Gasteiger partial charge is 0.255 e. The van der Waals surface area contributed by atoms with Gasteiger partial charge < -0.3 is 10.6 Å². The van der Waals surface area contributed by atoms with E-state index in [-0.39, 0.29) is 35.9 Å². The standard InChI is InChI=1S/C20H27ClN4O.ClH/c1-13-17(10-7-11-22-13)23-19(26)15-12-25(20(2,3)4)24-18(15)14-8-5-6-9-16(14)21;/h5-6,8-9,12-13,17,22H,7,10-11H2,1-4H3,(H,23,26);1H. The minimum atomic E-state index is -0.228. The molecule has 2 N–H and O–H groups in total. The number of piperidine rings is 1. The summed E-state index contributed by atoms with van der Waals surface area (Å²) in [4.78, 5) is 13.1. The average molecular weight is 411 g/mol. The first-order valence-corrected chi connectivity index (χ1v) is 9.54. The van der Waals surface area contributed by atoms with Crippen LogP contribution in [0.2, 0.25) is 5.02 Å². The van der Waals surface area contributed by atoms with Crippen molar-refractivity contribution >= 4 is 29.9 Å². The second-order valence-corrected chi connectivity index (χ2v) is 8.36. The van der Waals surface area contributed by atoms with Crippen LogP contribution in [0.5, 0.6) is 0 Å². The van der Waals surface area contributed by atoms with E-state index in [9.17, 15) is 4.79 Å². The number of hydrogen-bond acceptors (Lipinski definition) is 3. The molecule has 2 atom stereocenters. The Kier molecular flexibility index (Phi) is 6.95. The lowest BCUT2D eigenvalue weighted by Crippen LogP contribution is -2.51. The second kappa shape index (κ2) is 8.63. The molecule has 0 spiro atoms. The van der Waals surface area contributed by atoms with E-state index in [4.69, 9.17) is 16.7 Å². The molecular formula is C20H28Cl2N4O. The molecule has 1 aromatic heterocycles. The molecule has 2 heterocycles. The molecule has 0 saturated carbocycles. The van der Waals surface area contributed by atoms with Crippen molar-refractivity contribution in [3.63, 3.8) is 0 Å². The Labute approximate surface area is 172 Å². The highest BCUT2D eigenvalue weighted by atomic mass is 35.5. The van der Waals surface area contributed by atoms with Gasteiger partial charge in [-0.25, -0.2) is 0 Å². The minimum absolute atomic E-state index is 0. The molecule has 1 fully saturated rings. The predicted octanol–water partition coefficient (Wildman–Crippen LogP) is 4.25. The Morgan fingerprint density at radius 1 is 1.33 bits per heavy atom. The maximum atomic E-state index is 13.1. The summed E-state index contributed by atoms with van der Waals surface area (Å²) in [7, 11) is 0. The lowest BCUT2D eigenvalue weighted by molar-refractivity contribution is 0.0920. The summed E-state index contributed by atoms with van der Waals surface area (Å²) in [6.07, 6.45) is 3.87. The topological polar surface area (TPSA) is 58.9 Å². The van der Waals surface area contributed by atoms with Gasteiger partial charge >= 0.3 is 0 Å². The summed E-state index contributed by atoms with van der Waals surface area (Å²) in [5, 5.41) is 11.9. The number of carbonyl (C=O) groups is 1. The number of amides is 1. The largest absolute Gasteiger partial charge is 0.348 e. The Hall–Kier alpha value is -1.56. The normalized spacial score (nSPS) is 20.0. The van der Waals surface area contributed by atoms with Gasteiger partial charge in [0.25, 0.3) is 5.91 Å². The Bertz CT molecular complexity index is 798. The molecule has 0 aliphatic carbocycles. The highest BCUT2D eigenvalue weighted by molar-refractivity contribution is 6.33. The van der Waals surface area contributed by atoms with Crippen LogP contribution in [0, 0.1) is 0 Å². The molecule has 1 aliphatic heterocycles. The first-order chi connectivity index (χ1) is 12.3. The molecule has 1 aromatic carbocycles. The lowest BCUT2D eigenvalue weighted by Gasteiger charge is -2.30. The third kappa shape index (κ3) is 4.84. The van der Waals surface area contributed by atoms with E-state index in [2.05, 4.69) is 38.3 Å². The maximum Gasteiger partial charge on any atom is 0.255 e. The fourth-order valence-electron chi connectivity index (χ4n) is 3.22. The molecule has 1 amide bonds. The monoisotopic (exact) mass is 410 g/mol. The van der Waals surface area contributed by atoms with Gasteiger partial charge in [-0.05, 0) is 53.1 Å². The van der Waals surface area contributed by atoms with Gasteiger partial charge in [-0.3, -0.25) is 9.48 Å². The van der Waals surface area contributed by atoms with Crippen LogP contribution in [0.1, 0.15) is 50.9 Å². The minimum Gasteiger partial charge on any atom is -0.348 e. The van der Waals surface area contributed by atoms with Gasteiger partial charge in [0, 0.05) is 23.8 Å². The number of benzene rings is 1. The Balaban J connectivity index is 0.00000261. The van der Waals surface area contributed by atoms with E-state index in [1.165, 1.54) is 0 Å². The second-order valence-electron chi connectivity index (χ2n) is 7.95. The first kappa shape index (κ1) is 21.7.